The molecule has 0 N–H and O–H groups in total. The van der Waals surface area contributed by atoms with Crippen LogP contribution in [-0.2, 0) is 0 Å². The molecule has 1 nitrogen and oxygen atoms in total. The topological polar surface area (TPSA) is 3.24 Å². The Morgan fingerprint density at radius 1 is 1.62 bits per heavy atom. The zero-order valence-corrected chi connectivity index (χ0v) is 5.73. The lowest BCUT2D eigenvalue weighted by Gasteiger charge is -2.24. The van der Waals surface area contributed by atoms with Gasteiger partial charge in [-0.2, -0.15) is 0 Å². The van der Waals surface area contributed by atoms with Gasteiger partial charge in [0.1, 0.15) is 16.6 Å². The molecule has 1 aliphatic heterocycles. The Bertz CT molecular complexity index is 70.8. The highest BCUT2D eigenvalue weighted by molar-refractivity contribution is 6.04. The molecule has 1 saturated heterocycles. The van der Waals surface area contributed by atoms with Crippen LogP contribution in [0.5, 0.6) is 0 Å². The van der Waals surface area contributed by atoms with E-state index in [1.165, 1.54) is 0 Å². The highest BCUT2D eigenvalue weighted by Gasteiger charge is 2.14. The summed E-state index contributed by atoms with van der Waals surface area (Å²) < 4.78 is 14.2. The molecule has 0 aromatic rings. The highest BCUT2D eigenvalue weighted by Crippen LogP contribution is 2.09. The second kappa shape index (κ2) is 2.59. The molecule has 0 aromatic heterocycles. The molecule has 3 radical (unpaired) electrons. The van der Waals surface area contributed by atoms with E-state index in [1.54, 1.807) is 0 Å². The van der Waals surface area contributed by atoms with E-state index < -0.39 is 6.17 Å². The maximum atomic E-state index is 12.4. The molecule has 1 atom stereocenters. The zero-order valence-electron chi connectivity index (χ0n) is 4.73. The quantitative estimate of drug-likeness (QED) is 0.432. The molecule has 1 unspecified atom stereocenters. The lowest BCUT2D eigenvalue weighted by atomic mass is 10.1. The first-order valence-electron chi connectivity index (χ1n) is 2.89. The van der Waals surface area contributed by atoms with Crippen LogP contribution in [0.4, 0.5) is 4.39 Å². The summed E-state index contributed by atoms with van der Waals surface area (Å²) in [6.07, 6.45) is 1.10. The van der Waals surface area contributed by atoms with E-state index in [-0.39, 0.29) is 0 Å². The highest BCUT2D eigenvalue weighted by atomic mass is 28.2. The second-order valence-corrected chi connectivity index (χ2v) is 2.82. The Hall–Kier alpha value is 0.107. The van der Waals surface area contributed by atoms with Crippen molar-refractivity contribution >= 4 is 10.4 Å². The van der Waals surface area contributed by atoms with Crippen molar-refractivity contribution in [3.8, 4) is 0 Å². The standard InChI is InChI=1S/C5H9FNSi/c6-5-2-1-3-7(8)4-5/h5H,1-4H2. The van der Waals surface area contributed by atoms with Crippen molar-refractivity contribution in [2.45, 2.75) is 19.0 Å². The van der Waals surface area contributed by atoms with E-state index in [4.69, 9.17) is 0 Å². The van der Waals surface area contributed by atoms with Crippen LogP contribution in [0.2, 0.25) is 0 Å². The fourth-order valence-electron chi connectivity index (χ4n) is 0.925. The monoisotopic (exact) mass is 130 g/mol. The van der Waals surface area contributed by atoms with Crippen LogP contribution in [0.25, 0.3) is 0 Å². The summed E-state index contributed by atoms with van der Waals surface area (Å²) in [6, 6.07) is 0. The van der Waals surface area contributed by atoms with Crippen molar-refractivity contribution < 1.29 is 4.39 Å². The maximum Gasteiger partial charge on any atom is 0.143 e. The molecule has 3 heteroatoms. The first-order chi connectivity index (χ1) is 3.79. The smallest absolute Gasteiger partial charge is 0.143 e. The average Bonchev–Trinajstić information content (AvgIpc) is 1.64. The average molecular weight is 130 g/mol. The van der Waals surface area contributed by atoms with Gasteiger partial charge in [-0.3, -0.25) is 0 Å². The third-order valence-electron chi connectivity index (χ3n) is 1.36. The molecule has 8 heavy (non-hydrogen) atoms. The van der Waals surface area contributed by atoms with Crippen molar-refractivity contribution in [3.63, 3.8) is 0 Å². The van der Waals surface area contributed by atoms with Crippen molar-refractivity contribution in [2.75, 3.05) is 13.1 Å². The van der Waals surface area contributed by atoms with Crippen LogP contribution in [0.1, 0.15) is 12.8 Å². The fourth-order valence-corrected chi connectivity index (χ4v) is 1.28. The largest absolute Gasteiger partial charge is 0.324 e. The molecule has 0 aliphatic carbocycles. The van der Waals surface area contributed by atoms with E-state index in [0.717, 1.165) is 19.4 Å². The van der Waals surface area contributed by atoms with E-state index in [2.05, 4.69) is 10.4 Å². The van der Waals surface area contributed by atoms with Gasteiger partial charge in [0.15, 0.2) is 0 Å². The number of nitrogens with zero attached hydrogens (tertiary/aromatic N) is 1. The number of hydrogen-bond acceptors (Lipinski definition) is 1. The molecular weight excluding hydrogens is 121 g/mol. The van der Waals surface area contributed by atoms with Gasteiger partial charge >= 0.3 is 0 Å². The predicted molar refractivity (Wildman–Crippen MR) is 31.5 cm³/mol. The van der Waals surface area contributed by atoms with Gasteiger partial charge in [0.25, 0.3) is 0 Å². The summed E-state index contributed by atoms with van der Waals surface area (Å²) in [4.78, 5) is 0. The SMILES string of the molecule is FC1CCCN([Si])C1. The minimum atomic E-state index is -0.610. The van der Waals surface area contributed by atoms with Gasteiger partial charge in [-0.05, 0) is 19.4 Å². The first kappa shape index (κ1) is 6.23. The summed E-state index contributed by atoms with van der Waals surface area (Å²) in [7, 11) is 3.27. The van der Waals surface area contributed by atoms with Gasteiger partial charge in [-0.25, -0.2) is 4.39 Å². The van der Waals surface area contributed by atoms with Crippen LogP contribution < -0.4 is 0 Å². The van der Waals surface area contributed by atoms with Crippen LogP contribution in [0.3, 0.4) is 0 Å². The summed E-state index contributed by atoms with van der Waals surface area (Å²) in [6.45, 7) is 1.54. The molecule has 1 rings (SSSR count). The molecule has 0 saturated carbocycles. The Balaban J connectivity index is 2.23. The summed E-state index contributed by atoms with van der Waals surface area (Å²) in [5.41, 5.74) is 0. The number of rotatable bonds is 0. The minimum absolute atomic E-state index is 0.552. The van der Waals surface area contributed by atoms with E-state index in [9.17, 15) is 4.39 Å². The first-order valence-corrected chi connectivity index (χ1v) is 3.34. The number of hydrogen-bond donors (Lipinski definition) is 0. The third kappa shape index (κ3) is 1.56. The molecule has 0 spiro atoms. The summed E-state index contributed by atoms with van der Waals surface area (Å²) in [5.74, 6) is 0. The van der Waals surface area contributed by atoms with Crippen LogP contribution >= 0.6 is 0 Å². The van der Waals surface area contributed by atoms with Gasteiger partial charge in [0.2, 0.25) is 0 Å². The summed E-state index contributed by atoms with van der Waals surface area (Å²) >= 11 is 0. The van der Waals surface area contributed by atoms with Crippen molar-refractivity contribution in [3.05, 3.63) is 0 Å². The van der Waals surface area contributed by atoms with Crippen molar-refractivity contribution in [1.29, 1.82) is 0 Å². The molecular formula is C5H9FNSi. The van der Waals surface area contributed by atoms with Gasteiger partial charge in [-0.1, -0.05) is 0 Å². The molecule has 0 amide bonds. The van der Waals surface area contributed by atoms with Crippen LogP contribution in [-0.4, -0.2) is 34.2 Å². The summed E-state index contributed by atoms with van der Waals surface area (Å²) in [5, 5.41) is 0. The van der Waals surface area contributed by atoms with Crippen molar-refractivity contribution in [1.82, 2.24) is 4.57 Å². The normalized spacial score (nSPS) is 33.0. The number of halogens is 1. The van der Waals surface area contributed by atoms with Gasteiger partial charge in [-0.15, -0.1) is 0 Å². The van der Waals surface area contributed by atoms with Gasteiger partial charge in [0.05, 0.1) is 0 Å². The molecule has 0 aromatic carbocycles. The lowest BCUT2D eigenvalue weighted by molar-refractivity contribution is 0.207. The van der Waals surface area contributed by atoms with Gasteiger partial charge in [0, 0.05) is 6.54 Å². The maximum absolute atomic E-state index is 12.4. The second-order valence-electron chi connectivity index (χ2n) is 2.19. The fraction of sp³-hybridized carbons (Fsp3) is 1.00. The molecule has 1 aliphatic rings. The molecule has 0 bridgehead atoms. The molecule has 45 valence electrons. The number of alkyl halides is 1. The van der Waals surface area contributed by atoms with Crippen LogP contribution in [0.15, 0.2) is 0 Å². The van der Waals surface area contributed by atoms with E-state index in [0.29, 0.717) is 6.54 Å². The third-order valence-corrected chi connectivity index (χ3v) is 1.77. The Morgan fingerprint density at radius 2 is 2.38 bits per heavy atom. The molecule has 1 heterocycles. The Kier molecular flexibility index (Phi) is 2.02. The Labute approximate surface area is 52.4 Å². The van der Waals surface area contributed by atoms with Crippen molar-refractivity contribution in [2.24, 2.45) is 0 Å². The van der Waals surface area contributed by atoms with E-state index >= 15 is 0 Å². The van der Waals surface area contributed by atoms with E-state index in [1.807, 2.05) is 4.57 Å². The zero-order chi connectivity index (χ0) is 5.98. The molecule has 1 fully saturated rings. The minimum Gasteiger partial charge on any atom is -0.324 e. The predicted octanol–water partition coefficient (Wildman–Crippen LogP) is 0.504. The number of piperidine rings is 1. The lowest BCUT2D eigenvalue weighted by Crippen LogP contribution is -2.34. The van der Waals surface area contributed by atoms with Crippen LogP contribution in [0, 0.1) is 0 Å². The van der Waals surface area contributed by atoms with Gasteiger partial charge < -0.3 is 4.57 Å². The Morgan fingerprint density at radius 3 is 2.75 bits per heavy atom.